The SMILES string of the molecule is CC(C)(C)C(=O)Nn1c(O)c(C#N)c(-c2ccccc2)cc1=O. The predicted molar refractivity (Wildman–Crippen MR) is 86.3 cm³/mol. The molecule has 0 saturated carbocycles. The molecule has 2 rings (SSSR count). The molecular formula is C17H17N3O3. The van der Waals surface area contributed by atoms with Crippen molar-refractivity contribution in [2.24, 2.45) is 5.41 Å². The van der Waals surface area contributed by atoms with Crippen molar-refractivity contribution in [1.82, 2.24) is 4.68 Å². The number of aromatic nitrogens is 1. The number of rotatable bonds is 2. The van der Waals surface area contributed by atoms with Gasteiger partial charge in [0.1, 0.15) is 11.6 Å². The van der Waals surface area contributed by atoms with Crippen LogP contribution in [-0.4, -0.2) is 15.7 Å². The predicted octanol–water partition coefficient (Wildman–Crippen LogP) is 2.21. The van der Waals surface area contributed by atoms with Crippen LogP contribution in [0, 0.1) is 16.7 Å². The molecule has 118 valence electrons. The number of benzene rings is 1. The van der Waals surface area contributed by atoms with Crippen LogP contribution in [0.1, 0.15) is 26.3 Å². The summed E-state index contributed by atoms with van der Waals surface area (Å²) < 4.78 is 0.693. The topological polar surface area (TPSA) is 95.1 Å². The Balaban J connectivity index is 2.60. The van der Waals surface area contributed by atoms with Gasteiger partial charge in [-0.2, -0.15) is 9.94 Å². The van der Waals surface area contributed by atoms with Crippen molar-refractivity contribution in [3.05, 3.63) is 52.3 Å². The third-order valence-corrected chi connectivity index (χ3v) is 3.28. The Kier molecular flexibility index (Phi) is 4.23. The summed E-state index contributed by atoms with van der Waals surface area (Å²) >= 11 is 0. The van der Waals surface area contributed by atoms with Crippen molar-refractivity contribution in [1.29, 1.82) is 5.26 Å². The maximum atomic E-state index is 12.2. The monoisotopic (exact) mass is 311 g/mol. The van der Waals surface area contributed by atoms with Crippen LogP contribution in [0.5, 0.6) is 5.88 Å². The average Bonchev–Trinajstić information content (AvgIpc) is 2.50. The molecule has 0 radical (unpaired) electrons. The molecule has 1 aromatic carbocycles. The number of hydrogen-bond acceptors (Lipinski definition) is 4. The summed E-state index contributed by atoms with van der Waals surface area (Å²) in [4.78, 5) is 24.3. The van der Waals surface area contributed by atoms with Crippen molar-refractivity contribution in [2.75, 3.05) is 5.43 Å². The summed E-state index contributed by atoms with van der Waals surface area (Å²) in [5.41, 5.74) is 1.82. The van der Waals surface area contributed by atoms with Crippen LogP contribution in [-0.2, 0) is 4.79 Å². The second-order valence-corrected chi connectivity index (χ2v) is 6.10. The lowest BCUT2D eigenvalue weighted by Gasteiger charge is -2.20. The number of carbonyl (C=O) groups excluding carboxylic acids is 1. The van der Waals surface area contributed by atoms with E-state index in [1.807, 2.05) is 6.07 Å². The minimum absolute atomic E-state index is 0.0787. The molecular weight excluding hydrogens is 294 g/mol. The molecule has 6 nitrogen and oxygen atoms in total. The van der Waals surface area contributed by atoms with Crippen LogP contribution < -0.4 is 11.0 Å². The summed E-state index contributed by atoms with van der Waals surface area (Å²) in [6.07, 6.45) is 0. The molecule has 1 amide bonds. The van der Waals surface area contributed by atoms with Crippen LogP contribution >= 0.6 is 0 Å². The van der Waals surface area contributed by atoms with Crippen molar-refractivity contribution in [3.8, 4) is 23.1 Å². The molecule has 23 heavy (non-hydrogen) atoms. The number of nitrogens with one attached hydrogen (secondary N) is 1. The normalized spacial score (nSPS) is 10.9. The Bertz CT molecular complexity index is 840. The van der Waals surface area contributed by atoms with Gasteiger partial charge in [0.2, 0.25) is 11.8 Å². The Morgan fingerprint density at radius 1 is 1.26 bits per heavy atom. The highest BCUT2D eigenvalue weighted by Gasteiger charge is 2.24. The third-order valence-electron chi connectivity index (χ3n) is 3.28. The highest BCUT2D eigenvalue weighted by molar-refractivity contribution is 5.88. The first-order valence-corrected chi connectivity index (χ1v) is 7.01. The van der Waals surface area contributed by atoms with Gasteiger partial charge in [-0.1, -0.05) is 51.1 Å². The molecule has 0 fully saturated rings. The summed E-state index contributed by atoms with van der Waals surface area (Å²) in [6.45, 7) is 5.02. The smallest absolute Gasteiger partial charge is 0.273 e. The van der Waals surface area contributed by atoms with Crippen LogP contribution in [0.15, 0.2) is 41.2 Å². The fraction of sp³-hybridized carbons (Fsp3) is 0.235. The van der Waals surface area contributed by atoms with E-state index >= 15 is 0 Å². The molecule has 2 aromatic rings. The second-order valence-electron chi connectivity index (χ2n) is 6.10. The summed E-state index contributed by atoms with van der Waals surface area (Å²) in [7, 11) is 0. The fourth-order valence-electron chi connectivity index (χ4n) is 1.93. The highest BCUT2D eigenvalue weighted by atomic mass is 16.3. The van der Waals surface area contributed by atoms with Crippen LogP contribution in [0.2, 0.25) is 0 Å². The van der Waals surface area contributed by atoms with Gasteiger partial charge in [-0.3, -0.25) is 15.0 Å². The maximum absolute atomic E-state index is 12.2. The first kappa shape index (κ1) is 16.3. The lowest BCUT2D eigenvalue weighted by atomic mass is 9.96. The lowest BCUT2D eigenvalue weighted by molar-refractivity contribution is -0.124. The van der Waals surface area contributed by atoms with E-state index < -0.39 is 22.8 Å². The van der Waals surface area contributed by atoms with Crippen molar-refractivity contribution in [2.45, 2.75) is 20.8 Å². The van der Waals surface area contributed by atoms with Gasteiger partial charge in [-0.05, 0) is 5.56 Å². The van der Waals surface area contributed by atoms with Gasteiger partial charge in [-0.25, -0.2) is 0 Å². The molecule has 0 bridgehead atoms. The summed E-state index contributed by atoms with van der Waals surface area (Å²) in [5.74, 6) is -1.04. The molecule has 0 aliphatic heterocycles. The quantitative estimate of drug-likeness (QED) is 0.889. The molecule has 6 heteroatoms. The van der Waals surface area contributed by atoms with Crippen LogP contribution in [0.4, 0.5) is 0 Å². The number of carbonyl (C=O) groups is 1. The van der Waals surface area contributed by atoms with E-state index in [1.54, 1.807) is 51.1 Å². The van der Waals surface area contributed by atoms with Gasteiger partial charge in [0, 0.05) is 17.0 Å². The number of pyridine rings is 1. The number of amides is 1. The molecule has 0 saturated heterocycles. The molecule has 1 aromatic heterocycles. The first-order chi connectivity index (χ1) is 10.8. The summed E-state index contributed by atoms with van der Waals surface area (Å²) in [5, 5.41) is 19.6. The van der Waals surface area contributed by atoms with Gasteiger partial charge < -0.3 is 5.11 Å². The lowest BCUT2D eigenvalue weighted by Crippen LogP contribution is -2.39. The Labute approximate surface area is 133 Å². The Morgan fingerprint density at radius 3 is 2.39 bits per heavy atom. The van der Waals surface area contributed by atoms with Gasteiger partial charge >= 0.3 is 0 Å². The Hall–Kier alpha value is -3.07. The second kappa shape index (κ2) is 5.97. The molecule has 0 aliphatic rings. The zero-order valence-electron chi connectivity index (χ0n) is 13.1. The number of hydrogen-bond donors (Lipinski definition) is 2. The van der Waals surface area contributed by atoms with E-state index in [2.05, 4.69) is 5.43 Å². The molecule has 0 aliphatic carbocycles. The molecule has 0 spiro atoms. The van der Waals surface area contributed by atoms with Crippen molar-refractivity contribution < 1.29 is 9.90 Å². The van der Waals surface area contributed by atoms with E-state index in [4.69, 9.17) is 0 Å². The third kappa shape index (κ3) is 3.24. The number of aromatic hydroxyl groups is 1. The average molecular weight is 311 g/mol. The first-order valence-electron chi connectivity index (χ1n) is 7.01. The fourth-order valence-corrected chi connectivity index (χ4v) is 1.93. The van der Waals surface area contributed by atoms with Gasteiger partial charge in [0.15, 0.2) is 0 Å². The van der Waals surface area contributed by atoms with Gasteiger partial charge in [0.05, 0.1) is 0 Å². The van der Waals surface area contributed by atoms with E-state index in [0.29, 0.717) is 15.8 Å². The van der Waals surface area contributed by atoms with E-state index in [0.717, 1.165) is 0 Å². The standard InChI is InChI=1S/C17H17N3O3/c1-17(2,3)16(23)19-20-14(21)9-12(13(10-18)15(20)22)11-7-5-4-6-8-11/h4-9,22H,1-3H3,(H,19,23). The molecule has 1 heterocycles. The largest absolute Gasteiger partial charge is 0.492 e. The highest BCUT2D eigenvalue weighted by Crippen LogP contribution is 2.27. The minimum atomic E-state index is -0.753. The number of nitriles is 1. The minimum Gasteiger partial charge on any atom is -0.492 e. The van der Waals surface area contributed by atoms with Gasteiger partial charge in [-0.15, -0.1) is 0 Å². The molecule has 0 unspecified atom stereocenters. The van der Waals surface area contributed by atoms with E-state index in [1.165, 1.54) is 6.07 Å². The van der Waals surface area contributed by atoms with Crippen LogP contribution in [0.3, 0.4) is 0 Å². The maximum Gasteiger partial charge on any atom is 0.273 e. The van der Waals surface area contributed by atoms with E-state index in [9.17, 15) is 20.0 Å². The molecule has 2 N–H and O–H groups in total. The van der Waals surface area contributed by atoms with Gasteiger partial charge in [0.25, 0.3) is 5.56 Å². The zero-order chi connectivity index (χ0) is 17.2. The Morgan fingerprint density at radius 2 is 1.87 bits per heavy atom. The summed E-state index contributed by atoms with van der Waals surface area (Å²) in [6, 6.07) is 11.9. The zero-order valence-corrected chi connectivity index (χ0v) is 13.1. The van der Waals surface area contributed by atoms with Crippen molar-refractivity contribution in [3.63, 3.8) is 0 Å². The van der Waals surface area contributed by atoms with Crippen LogP contribution in [0.25, 0.3) is 11.1 Å². The van der Waals surface area contributed by atoms with Crippen molar-refractivity contribution >= 4 is 5.91 Å². The van der Waals surface area contributed by atoms with E-state index in [-0.39, 0.29) is 5.56 Å². The number of nitrogens with zero attached hydrogens (tertiary/aromatic N) is 2. The molecule has 0 atom stereocenters.